The number of hydrogen-bond acceptors (Lipinski definition) is 7. The van der Waals surface area contributed by atoms with E-state index in [0.29, 0.717) is 25.4 Å². The molecule has 0 spiro atoms. The Morgan fingerprint density at radius 2 is 2.03 bits per heavy atom. The third-order valence-corrected chi connectivity index (χ3v) is 7.65. The molecule has 37 heavy (non-hydrogen) atoms. The number of carboxylic acids is 1. The number of anilines is 1. The van der Waals surface area contributed by atoms with E-state index in [0.717, 1.165) is 87.1 Å². The zero-order valence-electron chi connectivity index (χ0n) is 21.3. The van der Waals surface area contributed by atoms with Gasteiger partial charge in [0, 0.05) is 37.2 Å². The van der Waals surface area contributed by atoms with Gasteiger partial charge >= 0.3 is 12.1 Å². The van der Waals surface area contributed by atoms with Crippen LogP contribution in [0.15, 0.2) is 30.6 Å². The van der Waals surface area contributed by atoms with E-state index in [1.807, 2.05) is 6.07 Å². The van der Waals surface area contributed by atoms with Crippen molar-refractivity contribution in [2.45, 2.75) is 82.4 Å². The summed E-state index contributed by atoms with van der Waals surface area (Å²) in [5, 5.41) is 15.7. The number of carbonyl (C=O) groups excluding carboxylic acids is 1. The number of rotatable bonds is 12. The van der Waals surface area contributed by atoms with Gasteiger partial charge in [-0.05, 0) is 99.6 Å². The van der Waals surface area contributed by atoms with Crippen molar-refractivity contribution in [1.82, 2.24) is 20.2 Å². The molecule has 0 aromatic carbocycles. The number of amides is 1. The van der Waals surface area contributed by atoms with Crippen LogP contribution in [0.3, 0.4) is 0 Å². The number of unbranched alkanes of at least 4 members (excludes halogenated alkanes) is 1. The maximum atomic E-state index is 12.5. The molecule has 3 N–H and O–H groups in total. The summed E-state index contributed by atoms with van der Waals surface area (Å²) in [5.74, 6) is 0.0130. The maximum Gasteiger partial charge on any atom is 0.408 e. The molecule has 9 heteroatoms. The SMILES string of the molecule is O=C(NC(CCN(CCCCc1ccc2c(n1)NCCC2)C1CC1)C(=O)O)OC1CCc2cnccc21. The highest BCUT2D eigenvalue weighted by molar-refractivity contribution is 5.80. The molecule has 0 bridgehead atoms. The molecular weight excluding hydrogens is 470 g/mol. The Morgan fingerprint density at radius 1 is 1.14 bits per heavy atom. The van der Waals surface area contributed by atoms with Crippen molar-refractivity contribution in [1.29, 1.82) is 0 Å². The van der Waals surface area contributed by atoms with Crippen LogP contribution in [-0.2, 0) is 28.8 Å². The van der Waals surface area contributed by atoms with E-state index in [4.69, 9.17) is 9.72 Å². The van der Waals surface area contributed by atoms with Crippen molar-refractivity contribution in [2.75, 3.05) is 25.0 Å². The first kappa shape index (κ1) is 25.4. The van der Waals surface area contributed by atoms with Crippen molar-refractivity contribution in [2.24, 2.45) is 0 Å². The van der Waals surface area contributed by atoms with Crippen LogP contribution < -0.4 is 10.6 Å². The second-order valence-corrected chi connectivity index (χ2v) is 10.4. The number of nitrogens with one attached hydrogen (secondary N) is 2. The summed E-state index contributed by atoms with van der Waals surface area (Å²) in [4.78, 5) is 35.7. The molecule has 0 saturated heterocycles. The molecule has 1 fully saturated rings. The molecule has 1 aliphatic heterocycles. The topological polar surface area (TPSA) is 117 Å². The molecule has 2 aromatic rings. The van der Waals surface area contributed by atoms with Crippen LogP contribution in [0.1, 0.15) is 73.4 Å². The Bertz CT molecular complexity index is 1110. The first-order valence-electron chi connectivity index (χ1n) is 13.7. The van der Waals surface area contributed by atoms with Crippen molar-refractivity contribution in [3.05, 3.63) is 53.0 Å². The van der Waals surface area contributed by atoms with Gasteiger partial charge in [-0.3, -0.25) is 4.98 Å². The van der Waals surface area contributed by atoms with Gasteiger partial charge in [0.15, 0.2) is 0 Å². The zero-order valence-corrected chi connectivity index (χ0v) is 21.3. The monoisotopic (exact) mass is 507 g/mol. The van der Waals surface area contributed by atoms with E-state index < -0.39 is 18.1 Å². The molecular formula is C28H37N5O4. The van der Waals surface area contributed by atoms with Gasteiger partial charge in [-0.15, -0.1) is 0 Å². The highest BCUT2D eigenvalue weighted by Crippen LogP contribution is 2.33. The minimum atomic E-state index is -1.03. The molecule has 3 heterocycles. The van der Waals surface area contributed by atoms with Crippen LogP contribution in [-0.4, -0.2) is 63.8 Å². The first-order chi connectivity index (χ1) is 18.1. The summed E-state index contributed by atoms with van der Waals surface area (Å²) in [6.07, 6.45) is 11.9. The smallest absolute Gasteiger partial charge is 0.408 e. The minimum absolute atomic E-state index is 0.351. The number of aromatic nitrogens is 2. The zero-order chi connectivity index (χ0) is 25.6. The first-order valence-corrected chi connectivity index (χ1v) is 13.7. The molecule has 2 aliphatic carbocycles. The van der Waals surface area contributed by atoms with Gasteiger partial charge in [0.25, 0.3) is 0 Å². The van der Waals surface area contributed by atoms with Crippen LogP contribution in [0.5, 0.6) is 0 Å². The molecule has 2 aromatic heterocycles. The van der Waals surface area contributed by atoms with Crippen LogP contribution >= 0.6 is 0 Å². The predicted molar refractivity (Wildman–Crippen MR) is 140 cm³/mol. The third-order valence-electron chi connectivity index (χ3n) is 7.65. The fourth-order valence-corrected chi connectivity index (χ4v) is 5.43. The van der Waals surface area contributed by atoms with E-state index in [1.165, 1.54) is 5.56 Å². The number of fused-ring (bicyclic) bond motifs is 2. The number of aryl methyl sites for hydroxylation is 3. The molecule has 0 radical (unpaired) electrons. The summed E-state index contributed by atoms with van der Waals surface area (Å²) in [6, 6.07) is 5.76. The average Bonchev–Trinajstić information content (AvgIpc) is 3.68. The molecule has 1 amide bonds. The number of aliphatic carboxylic acids is 1. The van der Waals surface area contributed by atoms with Crippen molar-refractivity contribution in [3.63, 3.8) is 0 Å². The summed E-state index contributed by atoms with van der Waals surface area (Å²) in [7, 11) is 0. The highest BCUT2D eigenvalue weighted by Gasteiger charge is 2.31. The van der Waals surface area contributed by atoms with E-state index >= 15 is 0 Å². The number of carbonyl (C=O) groups is 2. The van der Waals surface area contributed by atoms with Crippen molar-refractivity contribution >= 4 is 17.9 Å². The second kappa shape index (κ2) is 11.9. The Labute approximate surface area is 218 Å². The molecule has 2 atom stereocenters. The van der Waals surface area contributed by atoms with Gasteiger partial charge in [-0.25, -0.2) is 14.6 Å². The molecule has 2 unspecified atom stereocenters. The molecule has 1 saturated carbocycles. The Morgan fingerprint density at radius 3 is 2.86 bits per heavy atom. The van der Waals surface area contributed by atoms with Gasteiger partial charge in [0.2, 0.25) is 0 Å². The number of ether oxygens (including phenoxy) is 1. The van der Waals surface area contributed by atoms with E-state index in [9.17, 15) is 14.7 Å². The summed E-state index contributed by atoms with van der Waals surface area (Å²) in [5.41, 5.74) is 4.47. The Balaban J connectivity index is 1.06. The number of pyridine rings is 2. The number of alkyl carbamates (subject to hydrolysis) is 1. The lowest BCUT2D eigenvalue weighted by molar-refractivity contribution is -0.139. The maximum absolute atomic E-state index is 12.5. The van der Waals surface area contributed by atoms with E-state index in [2.05, 4.69) is 32.7 Å². The largest absolute Gasteiger partial charge is 0.480 e. The third kappa shape index (κ3) is 6.77. The van der Waals surface area contributed by atoms with Crippen LogP contribution in [0.25, 0.3) is 0 Å². The fourth-order valence-electron chi connectivity index (χ4n) is 5.43. The second-order valence-electron chi connectivity index (χ2n) is 10.4. The summed E-state index contributed by atoms with van der Waals surface area (Å²) >= 11 is 0. The average molecular weight is 508 g/mol. The van der Waals surface area contributed by atoms with Gasteiger partial charge in [0.1, 0.15) is 18.0 Å². The molecule has 5 rings (SSSR count). The predicted octanol–water partition coefficient (Wildman–Crippen LogP) is 3.88. The Hall–Kier alpha value is -3.20. The lowest BCUT2D eigenvalue weighted by Gasteiger charge is -2.24. The quantitative estimate of drug-likeness (QED) is 0.371. The van der Waals surface area contributed by atoms with E-state index in [1.54, 1.807) is 12.4 Å². The number of hydrogen-bond donors (Lipinski definition) is 3. The summed E-state index contributed by atoms with van der Waals surface area (Å²) in [6.45, 7) is 2.56. The minimum Gasteiger partial charge on any atom is -0.480 e. The van der Waals surface area contributed by atoms with Gasteiger partial charge in [-0.1, -0.05) is 6.07 Å². The number of carboxylic acid groups (broad SMARTS) is 1. The molecule has 3 aliphatic rings. The number of nitrogens with zero attached hydrogens (tertiary/aromatic N) is 3. The highest BCUT2D eigenvalue weighted by atomic mass is 16.6. The lowest BCUT2D eigenvalue weighted by Crippen LogP contribution is -2.44. The van der Waals surface area contributed by atoms with Crippen molar-refractivity contribution in [3.8, 4) is 0 Å². The van der Waals surface area contributed by atoms with Crippen LogP contribution in [0.4, 0.5) is 10.6 Å². The molecule has 9 nitrogen and oxygen atoms in total. The van der Waals surface area contributed by atoms with Crippen LogP contribution in [0.2, 0.25) is 0 Å². The lowest BCUT2D eigenvalue weighted by atomic mass is 10.1. The summed E-state index contributed by atoms with van der Waals surface area (Å²) < 4.78 is 5.58. The standard InChI is InChI=1S/C28H37N5O4/c34-27(35)24(32-28(36)37-25-11-7-20-18-29-15-12-23(20)25)13-17-33(22-9-10-22)16-2-1-5-21-8-6-19-4-3-14-30-26(19)31-21/h6,8,12,15,18,22,24-25H,1-5,7,9-11,13-14,16-17H2,(H,30,31)(H,32,36)(H,34,35). The Kier molecular flexibility index (Phi) is 8.18. The van der Waals surface area contributed by atoms with Gasteiger partial charge < -0.3 is 25.4 Å². The van der Waals surface area contributed by atoms with Crippen molar-refractivity contribution < 1.29 is 19.4 Å². The van der Waals surface area contributed by atoms with Gasteiger partial charge in [0.05, 0.1) is 0 Å². The fraction of sp³-hybridized carbons (Fsp3) is 0.571. The van der Waals surface area contributed by atoms with Gasteiger partial charge in [-0.2, -0.15) is 0 Å². The van der Waals surface area contributed by atoms with Crippen LogP contribution in [0, 0.1) is 0 Å². The normalized spacial score (nSPS) is 19.0. The molecule has 198 valence electrons. The van der Waals surface area contributed by atoms with E-state index in [-0.39, 0.29) is 6.10 Å².